The second-order valence-electron chi connectivity index (χ2n) is 3.47. The number of nitrogens with one attached hydrogen (secondary N) is 2. The smallest absolute Gasteiger partial charge is 0.214 e. The molecule has 0 aliphatic carbocycles. The molecule has 1 unspecified atom stereocenters. The fourth-order valence-corrected chi connectivity index (χ4v) is 2.70. The Morgan fingerprint density at radius 3 is 2.73 bits per heavy atom. The molecule has 1 aliphatic heterocycles. The van der Waals surface area contributed by atoms with Gasteiger partial charge in [-0.3, -0.25) is 0 Å². The van der Waals surface area contributed by atoms with Gasteiger partial charge in [-0.2, -0.15) is 0 Å². The molecule has 1 aliphatic rings. The van der Waals surface area contributed by atoms with Crippen molar-refractivity contribution in [2.45, 2.75) is 12.1 Å². The SMILES string of the molecule is COCCS(=O)(=O)NC1CNC[C@@H]1OC. The van der Waals surface area contributed by atoms with Gasteiger partial charge in [0.1, 0.15) is 0 Å². The number of hydrogen-bond acceptors (Lipinski definition) is 5. The molecule has 90 valence electrons. The van der Waals surface area contributed by atoms with Crippen LogP contribution in [-0.2, 0) is 19.5 Å². The molecule has 1 fully saturated rings. The first-order valence-electron chi connectivity index (χ1n) is 4.81. The van der Waals surface area contributed by atoms with Crippen LogP contribution in [0.1, 0.15) is 0 Å². The van der Waals surface area contributed by atoms with Crippen molar-refractivity contribution in [1.82, 2.24) is 10.0 Å². The number of methoxy groups -OCH3 is 2. The van der Waals surface area contributed by atoms with Gasteiger partial charge in [0.15, 0.2) is 0 Å². The normalized spacial score (nSPS) is 27.1. The highest BCUT2D eigenvalue weighted by Gasteiger charge is 2.30. The van der Waals surface area contributed by atoms with Crippen molar-refractivity contribution in [2.75, 3.05) is 39.7 Å². The second kappa shape index (κ2) is 5.76. The Balaban J connectivity index is 2.45. The van der Waals surface area contributed by atoms with E-state index in [0.717, 1.165) is 0 Å². The first kappa shape index (κ1) is 12.9. The maximum absolute atomic E-state index is 11.5. The van der Waals surface area contributed by atoms with Gasteiger partial charge in [-0.25, -0.2) is 13.1 Å². The van der Waals surface area contributed by atoms with Crippen molar-refractivity contribution < 1.29 is 17.9 Å². The second-order valence-corrected chi connectivity index (χ2v) is 5.34. The quantitative estimate of drug-likeness (QED) is 0.591. The zero-order valence-corrected chi connectivity index (χ0v) is 9.84. The molecule has 0 aromatic carbocycles. The first-order chi connectivity index (χ1) is 7.09. The van der Waals surface area contributed by atoms with Crippen LogP contribution in [-0.4, -0.2) is 60.2 Å². The van der Waals surface area contributed by atoms with Crippen LogP contribution < -0.4 is 10.0 Å². The van der Waals surface area contributed by atoms with Crippen molar-refractivity contribution in [3.63, 3.8) is 0 Å². The van der Waals surface area contributed by atoms with Gasteiger partial charge in [-0.15, -0.1) is 0 Å². The van der Waals surface area contributed by atoms with Crippen molar-refractivity contribution in [1.29, 1.82) is 0 Å². The van der Waals surface area contributed by atoms with E-state index in [1.54, 1.807) is 7.11 Å². The van der Waals surface area contributed by atoms with Crippen LogP contribution in [0.25, 0.3) is 0 Å². The molecule has 7 heteroatoms. The number of ether oxygens (including phenoxy) is 2. The molecular weight excluding hydrogens is 220 g/mol. The molecule has 0 spiro atoms. The van der Waals surface area contributed by atoms with E-state index in [1.165, 1.54) is 7.11 Å². The zero-order chi connectivity index (χ0) is 11.3. The van der Waals surface area contributed by atoms with Crippen LogP contribution in [0.4, 0.5) is 0 Å². The van der Waals surface area contributed by atoms with E-state index in [-0.39, 0.29) is 24.5 Å². The van der Waals surface area contributed by atoms with E-state index in [4.69, 9.17) is 9.47 Å². The van der Waals surface area contributed by atoms with Crippen molar-refractivity contribution in [3.8, 4) is 0 Å². The minimum atomic E-state index is -3.27. The Morgan fingerprint density at radius 2 is 2.13 bits per heavy atom. The summed E-state index contributed by atoms with van der Waals surface area (Å²) in [5, 5.41) is 3.07. The highest BCUT2D eigenvalue weighted by atomic mass is 32.2. The summed E-state index contributed by atoms with van der Waals surface area (Å²) in [6.07, 6.45) is -0.0951. The van der Waals surface area contributed by atoms with E-state index in [0.29, 0.717) is 13.1 Å². The fourth-order valence-electron chi connectivity index (χ4n) is 1.50. The van der Waals surface area contributed by atoms with Gasteiger partial charge in [0.25, 0.3) is 0 Å². The maximum Gasteiger partial charge on any atom is 0.214 e. The number of sulfonamides is 1. The van der Waals surface area contributed by atoms with Gasteiger partial charge in [0.05, 0.1) is 24.5 Å². The molecule has 0 amide bonds. The van der Waals surface area contributed by atoms with Crippen LogP contribution in [0.15, 0.2) is 0 Å². The Labute approximate surface area is 90.4 Å². The molecule has 2 N–H and O–H groups in total. The van der Waals surface area contributed by atoms with Crippen LogP contribution >= 0.6 is 0 Å². The Morgan fingerprint density at radius 1 is 1.40 bits per heavy atom. The Kier molecular flexibility index (Phi) is 4.94. The molecule has 1 heterocycles. The summed E-state index contributed by atoms with van der Waals surface area (Å²) in [7, 11) is -0.211. The van der Waals surface area contributed by atoms with Crippen molar-refractivity contribution in [3.05, 3.63) is 0 Å². The lowest BCUT2D eigenvalue weighted by Gasteiger charge is -2.18. The Hall–Kier alpha value is -0.210. The number of hydrogen-bond donors (Lipinski definition) is 2. The van der Waals surface area contributed by atoms with Gasteiger partial charge in [-0.05, 0) is 0 Å². The van der Waals surface area contributed by atoms with Crippen LogP contribution in [0.2, 0.25) is 0 Å². The predicted octanol–water partition coefficient (Wildman–Crippen LogP) is -1.46. The topological polar surface area (TPSA) is 76.7 Å². The minimum Gasteiger partial charge on any atom is -0.384 e. The summed E-state index contributed by atoms with van der Waals surface area (Å²) in [6, 6.07) is -0.183. The third-order valence-corrected chi connectivity index (χ3v) is 3.71. The van der Waals surface area contributed by atoms with Gasteiger partial charge in [0.2, 0.25) is 10.0 Å². The molecule has 2 atom stereocenters. The van der Waals surface area contributed by atoms with E-state index in [9.17, 15) is 8.42 Å². The maximum atomic E-state index is 11.5. The van der Waals surface area contributed by atoms with E-state index < -0.39 is 10.0 Å². The summed E-state index contributed by atoms with van der Waals surface area (Å²) in [5.74, 6) is -0.0174. The van der Waals surface area contributed by atoms with E-state index >= 15 is 0 Å². The minimum absolute atomic E-state index is 0.0174. The summed E-state index contributed by atoms with van der Waals surface area (Å²) in [5.41, 5.74) is 0. The molecule has 0 bridgehead atoms. The van der Waals surface area contributed by atoms with Gasteiger partial charge in [-0.1, -0.05) is 0 Å². The van der Waals surface area contributed by atoms with Gasteiger partial charge >= 0.3 is 0 Å². The standard InChI is InChI=1S/C8H18N2O4S/c1-13-3-4-15(11,12)10-7-5-9-6-8(7)14-2/h7-10H,3-6H2,1-2H3/t7?,8-/m0/s1. The molecule has 0 aromatic heterocycles. The zero-order valence-electron chi connectivity index (χ0n) is 9.02. The fraction of sp³-hybridized carbons (Fsp3) is 1.00. The molecule has 1 rings (SSSR count). The summed E-state index contributed by atoms with van der Waals surface area (Å²) in [4.78, 5) is 0. The van der Waals surface area contributed by atoms with Crippen molar-refractivity contribution >= 4 is 10.0 Å². The van der Waals surface area contributed by atoms with Crippen LogP contribution in [0.3, 0.4) is 0 Å². The summed E-state index contributed by atoms with van der Waals surface area (Å²) < 4.78 is 35.5. The molecule has 0 radical (unpaired) electrons. The molecule has 1 saturated heterocycles. The third-order valence-electron chi connectivity index (χ3n) is 2.35. The lowest BCUT2D eigenvalue weighted by atomic mass is 10.2. The molecule has 0 saturated carbocycles. The van der Waals surface area contributed by atoms with E-state index in [1.807, 2.05) is 0 Å². The van der Waals surface area contributed by atoms with Gasteiger partial charge < -0.3 is 14.8 Å². The third kappa shape index (κ3) is 4.04. The highest BCUT2D eigenvalue weighted by molar-refractivity contribution is 7.89. The lowest BCUT2D eigenvalue weighted by Crippen LogP contribution is -2.44. The van der Waals surface area contributed by atoms with Crippen LogP contribution in [0.5, 0.6) is 0 Å². The molecule has 15 heavy (non-hydrogen) atoms. The van der Waals surface area contributed by atoms with E-state index in [2.05, 4.69) is 10.0 Å². The summed E-state index contributed by atoms with van der Waals surface area (Å²) >= 11 is 0. The largest absolute Gasteiger partial charge is 0.384 e. The molecule has 0 aromatic rings. The van der Waals surface area contributed by atoms with Crippen molar-refractivity contribution in [2.24, 2.45) is 0 Å². The first-order valence-corrected chi connectivity index (χ1v) is 6.46. The van der Waals surface area contributed by atoms with Gasteiger partial charge in [0, 0.05) is 27.3 Å². The lowest BCUT2D eigenvalue weighted by molar-refractivity contribution is 0.103. The molecule has 6 nitrogen and oxygen atoms in total. The molecular formula is C8H18N2O4S. The summed E-state index contributed by atoms with van der Waals surface area (Å²) in [6.45, 7) is 1.48. The monoisotopic (exact) mass is 238 g/mol. The van der Waals surface area contributed by atoms with Crippen LogP contribution in [0, 0.1) is 0 Å². The Bertz CT molecular complexity index is 280. The number of rotatable bonds is 6. The highest BCUT2D eigenvalue weighted by Crippen LogP contribution is 2.05. The average Bonchev–Trinajstić information content (AvgIpc) is 2.61. The average molecular weight is 238 g/mol. The predicted molar refractivity (Wildman–Crippen MR) is 56.3 cm³/mol.